The van der Waals surface area contributed by atoms with E-state index in [9.17, 15) is 0 Å². The van der Waals surface area contributed by atoms with Crippen molar-refractivity contribution in [3.8, 4) is 0 Å². The Morgan fingerprint density at radius 1 is 1.14 bits per heavy atom. The molecule has 0 amide bonds. The minimum absolute atomic E-state index is 0.294. The van der Waals surface area contributed by atoms with E-state index in [0.717, 1.165) is 5.46 Å². The van der Waals surface area contributed by atoms with Crippen LogP contribution in [0.25, 0.3) is 0 Å². The predicted octanol–water partition coefficient (Wildman–Crippen LogP) is 2.93. The van der Waals surface area contributed by atoms with Crippen LogP contribution in [0.2, 0.25) is 0 Å². The summed E-state index contributed by atoms with van der Waals surface area (Å²) in [5.74, 6) is 0.699. The summed E-state index contributed by atoms with van der Waals surface area (Å²) in [6, 6.07) is 0.523. The van der Waals surface area contributed by atoms with Gasteiger partial charge < -0.3 is 9.31 Å². The Hall–Kier alpha value is -0.805. The summed E-state index contributed by atoms with van der Waals surface area (Å²) < 4.78 is 14.3. The summed E-state index contributed by atoms with van der Waals surface area (Å²) in [5.41, 5.74) is 0.446. The van der Waals surface area contributed by atoms with Crippen LogP contribution >= 0.6 is 0 Å². The van der Waals surface area contributed by atoms with Crippen LogP contribution in [-0.2, 0) is 9.31 Å². The topological polar surface area (TPSA) is 36.3 Å². The number of aromatic nitrogens is 2. The molecule has 5 heteroatoms. The van der Waals surface area contributed by atoms with Gasteiger partial charge in [0.25, 0.3) is 0 Å². The average Bonchev–Trinajstić information content (AvgIpc) is 2.94. The molecule has 2 heterocycles. The van der Waals surface area contributed by atoms with E-state index < -0.39 is 0 Å². The maximum absolute atomic E-state index is 6.10. The van der Waals surface area contributed by atoms with E-state index >= 15 is 0 Å². The number of hydrogen-bond acceptors (Lipinski definition) is 3. The molecule has 1 aliphatic carbocycles. The van der Waals surface area contributed by atoms with Gasteiger partial charge in [0.2, 0.25) is 0 Å². The Morgan fingerprint density at radius 2 is 1.76 bits per heavy atom. The average molecular weight is 290 g/mol. The molecule has 0 spiro atoms. The first-order valence-corrected chi connectivity index (χ1v) is 8.20. The van der Waals surface area contributed by atoms with Gasteiger partial charge in [0, 0.05) is 17.9 Å². The van der Waals surface area contributed by atoms with E-state index in [2.05, 4.69) is 50.6 Å². The molecule has 116 valence electrons. The third-order valence-corrected chi connectivity index (χ3v) is 5.55. The molecular weight excluding hydrogens is 263 g/mol. The van der Waals surface area contributed by atoms with Crippen LogP contribution in [0.15, 0.2) is 12.4 Å². The third-order valence-electron chi connectivity index (χ3n) is 5.55. The number of hydrogen-bond donors (Lipinski definition) is 0. The van der Waals surface area contributed by atoms with Crippen molar-refractivity contribution in [2.45, 2.75) is 77.5 Å². The summed E-state index contributed by atoms with van der Waals surface area (Å²) in [6.45, 7) is 10.7. The quantitative estimate of drug-likeness (QED) is 0.786. The lowest BCUT2D eigenvalue weighted by Gasteiger charge is -2.32. The Kier molecular flexibility index (Phi) is 3.69. The van der Waals surface area contributed by atoms with Crippen LogP contribution in [-0.4, -0.2) is 28.1 Å². The van der Waals surface area contributed by atoms with Crippen LogP contribution < -0.4 is 5.46 Å². The highest BCUT2D eigenvalue weighted by Gasteiger charge is 2.52. The molecule has 1 saturated heterocycles. The molecule has 3 rings (SSSR count). The van der Waals surface area contributed by atoms with E-state index in [0.29, 0.717) is 12.0 Å². The highest BCUT2D eigenvalue weighted by molar-refractivity contribution is 6.61. The first kappa shape index (κ1) is 15.1. The maximum atomic E-state index is 6.10. The molecule has 0 unspecified atom stereocenters. The molecule has 2 aliphatic rings. The van der Waals surface area contributed by atoms with Crippen molar-refractivity contribution in [2.24, 2.45) is 5.92 Å². The SMILES string of the molecule is C[C@@H]1CCCC[C@H]1n1cc(B2OC(C)(C)C(C)(C)O2)cn1. The molecule has 0 bridgehead atoms. The summed E-state index contributed by atoms with van der Waals surface area (Å²) in [4.78, 5) is 0. The molecule has 2 atom stereocenters. The Balaban J connectivity index is 1.77. The monoisotopic (exact) mass is 290 g/mol. The fourth-order valence-corrected chi connectivity index (χ4v) is 3.32. The minimum atomic E-state index is -0.303. The van der Waals surface area contributed by atoms with Crippen molar-refractivity contribution in [3.63, 3.8) is 0 Å². The van der Waals surface area contributed by atoms with E-state index in [4.69, 9.17) is 9.31 Å². The summed E-state index contributed by atoms with van der Waals surface area (Å²) >= 11 is 0. The molecule has 0 N–H and O–H groups in total. The van der Waals surface area contributed by atoms with Crippen LogP contribution in [0.4, 0.5) is 0 Å². The lowest BCUT2D eigenvalue weighted by Crippen LogP contribution is -2.41. The van der Waals surface area contributed by atoms with Crippen LogP contribution in [0.1, 0.15) is 66.3 Å². The van der Waals surface area contributed by atoms with Gasteiger partial charge in [-0.15, -0.1) is 0 Å². The maximum Gasteiger partial charge on any atom is 0.498 e. The minimum Gasteiger partial charge on any atom is -0.399 e. The van der Waals surface area contributed by atoms with Crippen molar-refractivity contribution < 1.29 is 9.31 Å². The molecule has 1 aliphatic heterocycles. The molecule has 0 aromatic carbocycles. The van der Waals surface area contributed by atoms with Gasteiger partial charge in [-0.2, -0.15) is 5.10 Å². The van der Waals surface area contributed by atoms with Gasteiger partial charge >= 0.3 is 7.12 Å². The molecule has 2 fully saturated rings. The second kappa shape index (κ2) is 5.13. The van der Waals surface area contributed by atoms with Gasteiger partial charge in [0.15, 0.2) is 0 Å². The zero-order chi connectivity index (χ0) is 15.3. The molecule has 21 heavy (non-hydrogen) atoms. The van der Waals surface area contributed by atoms with Crippen molar-refractivity contribution in [3.05, 3.63) is 12.4 Å². The van der Waals surface area contributed by atoms with Gasteiger partial charge in [0.1, 0.15) is 0 Å². The standard InChI is InChI=1S/C16H27BN2O2/c1-12-8-6-7-9-14(12)19-11-13(10-18-19)17-20-15(2,3)16(4,5)21-17/h10-12,14H,6-9H2,1-5H3/t12-,14-/m1/s1. The highest BCUT2D eigenvalue weighted by Crippen LogP contribution is 2.37. The molecule has 1 aromatic rings. The third kappa shape index (κ3) is 2.66. The van der Waals surface area contributed by atoms with Gasteiger partial charge in [-0.05, 0) is 46.5 Å². The van der Waals surface area contributed by atoms with Crippen LogP contribution in [0, 0.1) is 5.92 Å². The zero-order valence-electron chi connectivity index (χ0n) is 13.9. The van der Waals surface area contributed by atoms with Crippen molar-refractivity contribution in [1.82, 2.24) is 9.78 Å². The Labute approximate surface area is 128 Å². The number of rotatable bonds is 2. The van der Waals surface area contributed by atoms with E-state index in [-0.39, 0.29) is 18.3 Å². The largest absolute Gasteiger partial charge is 0.498 e. The molecule has 1 saturated carbocycles. The van der Waals surface area contributed by atoms with Crippen molar-refractivity contribution in [2.75, 3.05) is 0 Å². The smallest absolute Gasteiger partial charge is 0.399 e. The fourth-order valence-electron chi connectivity index (χ4n) is 3.32. The highest BCUT2D eigenvalue weighted by atomic mass is 16.7. The van der Waals surface area contributed by atoms with E-state index in [1.807, 2.05) is 6.20 Å². The molecule has 4 nitrogen and oxygen atoms in total. The van der Waals surface area contributed by atoms with Crippen molar-refractivity contribution in [1.29, 1.82) is 0 Å². The summed E-state index contributed by atoms with van der Waals surface area (Å²) in [5, 5.41) is 4.59. The van der Waals surface area contributed by atoms with Crippen LogP contribution in [0.3, 0.4) is 0 Å². The normalized spacial score (nSPS) is 31.6. The Bertz CT molecular complexity index is 496. The summed E-state index contributed by atoms with van der Waals surface area (Å²) in [7, 11) is -0.303. The van der Waals surface area contributed by atoms with Crippen molar-refractivity contribution >= 4 is 12.6 Å². The molecular formula is C16H27BN2O2. The summed E-state index contributed by atoms with van der Waals surface area (Å²) in [6.07, 6.45) is 9.21. The van der Waals surface area contributed by atoms with Gasteiger partial charge in [-0.1, -0.05) is 19.8 Å². The van der Waals surface area contributed by atoms with Crippen LogP contribution in [0.5, 0.6) is 0 Å². The number of nitrogens with zero attached hydrogens (tertiary/aromatic N) is 2. The van der Waals surface area contributed by atoms with E-state index in [1.165, 1.54) is 25.7 Å². The zero-order valence-corrected chi connectivity index (χ0v) is 13.9. The molecule has 0 radical (unpaired) electrons. The second-order valence-electron chi connectivity index (χ2n) is 7.67. The Morgan fingerprint density at radius 3 is 2.38 bits per heavy atom. The first-order valence-electron chi connectivity index (χ1n) is 8.20. The molecule has 1 aromatic heterocycles. The van der Waals surface area contributed by atoms with Gasteiger partial charge in [-0.3, -0.25) is 4.68 Å². The van der Waals surface area contributed by atoms with E-state index in [1.54, 1.807) is 0 Å². The van der Waals surface area contributed by atoms with Gasteiger partial charge in [0.05, 0.1) is 17.2 Å². The fraction of sp³-hybridized carbons (Fsp3) is 0.812. The lowest BCUT2D eigenvalue weighted by molar-refractivity contribution is 0.00578. The van der Waals surface area contributed by atoms with Gasteiger partial charge in [-0.25, -0.2) is 0 Å². The second-order valence-corrected chi connectivity index (χ2v) is 7.67. The predicted molar refractivity (Wildman–Crippen MR) is 84.6 cm³/mol. The first-order chi connectivity index (χ1) is 9.80. The lowest BCUT2D eigenvalue weighted by atomic mass is 9.81.